The first-order valence-electron chi connectivity index (χ1n) is 13.8. The molecule has 0 aliphatic heterocycles. The molecule has 0 heterocycles. The molecule has 43 heavy (non-hydrogen) atoms. The van der Waals surface area contributed by atoms with Crippen molar-refractivity contribution in [2.24, 2.45) is 0 Å². The molecule has 10 heteroatoms. The van der Waals surface area contributed by atoms with Gasteiger partial charge in [-0.05, 0) is 61.4 Å². The third-order valence-corrected chi connectivity index (χ3v) is 9.22. The van der Waals surface area contributed by atoms with E-state index >= 15 is 0 Å². The minimum Gasteiger partial charge on any atom is -0.352 e. The molecule has 0 aromatic heterocycles. The third kappa shape index (κ3) is 8.38. The molecule has 1 N–H and O–H groups in total. The molecule has 4 aromatic carbocycles. The van der Waals surface area contributed by atoms with Crippen LogP contribution in [0.2, 0.25) is 10.0 Å². The van der Waals surface area contributed by atoms with Gasteiger partial charge in [-0.15, -0.1) is 0 Å². The lowest BCUT2D eigenvalue weighted by molar-refractivity contribution is -0.140. The minimum absolute atomic E-state index is 0.00719. The summed E-state index contributed by atoms with van der Waals surface area (Å²) in [5.41, 5.74) is 1.80. The Hall–Kier alpha value is -3.85. The molecular weight excluding hydrogens is 605 g/mol. The molecule has 0 saturated heterocycles. The zero-order valence-electron chi connectivity index (χ0n) is 23.9. The SMILES string of the molecule is CC(C)NC(=O)C(Cc1ccccc1)N(Cc1ccc(Cl)c(Cl)c1)C(=O)CN(c1ccccc1)S(=O)(=O)c1ccccc1. The highest BCUT2D eigenvalue weighted by atomic mass is 35.5. The summed E-state index contributed by atoms with van der Waals surface area (Å²) in [6.45, 7) is 3.13. The van der Waals surface area contributed by atoms with Crippen LogP contribution < -0.4 is 9.62 Å². The molecule has 4 aromatic rings. The van der Waals surface area contributed by atoms with Crippen LogP contribution in [0.4, 0.5) is 5.69 Å². The monoisotopic (exact) mass is 637 g/mol. The number of benzene rings is 4. The Morgan fingerprint density at radius 1 is 0.767 bits per heavy atom. The number of rotatable bonds is 12. The van der Waals surface area contributed by atoms with Gasteiger partial charge < -0.3 is 10.2 Å². The van der Waals surface area contributed by atoms with Crippen molar-refractivity contribution in [1.29, 1.82) is 0 Å². The number of carbonyl (C=O) groups excluding carboxylic acids is 2. The van der Waals surface area contributed by atoms with Gasteiger partial charge in [0, 0.05) is 19.0 Å². The smallest absolute Gasteiger partial charge is 0.264 e. The second-order valence-corrected chi connectivity index (χ2v) is 13.0. The first-order chi connectivity index (χ1) is 20.6. The van der Waals surface area contributed by atoms with E-state index in [2.05, 4.69) is 5.32 Å². The Morgan fingerprint density at radius 2 is 1.35 bits per heavy atom. The summed E-state index contributed by atoms with van der Waals surface area (Å²) in [6, 6.07) is 29.6. The Bertz CT molecular complexity index is 1640. The predicted molar refractivity (Wildman–Crippen MR) is 172 cm³/mol. The lowest BCUT2D eigenvalue weighted by Crippen LogP contribution is -2.54. The van der Waals surface area contributed by atoms with Gasteiger partial charge in [-0.25, -0.2) is 8.42 Å². The van der Waals surface area contributed by atoms with Crippen molar-refractivity contribution in [2.45, 2.75) is 43.8 Å². The van der Waals surface area contributed by atoms with Gasteiger partial charge in [0.15, 0.2) is 0 Å². The van der Waals surface area contributed by atoms with E-state index < -0.39 is 28.5 Å². The molecule has 7 nitrogen and oxygen atoms in total. The molecule has 1 unspecified atom stereocenters. The Morgan fingerprint density at radius 3 is 1.93 bits per heavy atom. The molecule has 0 radical (unpaired) electrons. The lowest BCUT2D eigenvalue weighted by Gasteiger charge is -2.34. The van der Waals surface area contributed by atoms with Crippen LogP contribution in [0.3, 0.4) is 0 Å². The standard InChI is InChI=1S/C33H33Cl2N3O4S/c1-24(2)36-33(40)31(21-25-12-6-3-7-13-25)37(22-26-18-19-29(34)30(35)20-26)32(39)23-38(27-14-8-4-9-15-27)43(41,42)28-16-10-5-11-17-28/h3-20,24,31H,21-23H2,1-2H3,(H,36,40). The highest BCUT2D eigenvalue weighted by Crippen LogP contribution is 2.27. The summed E-state index contributed by atoms with van der Waals surface area (Å²) in [7, 11) is -4.15. The van der Waals surface area contributed by atoms with E-state index in [0.29, 0.717) is 21.3 Å². The van der Waals surface area contributed by atoms with Crippen molar-refractivity contribution in [2.75, 3.05) is 10.8 Å². The van der Waals surface area contributed by atoms with E-state index in [9.17, 15) is 18.0 Å². The number of hydrogen-bond donors (Lipinski definition) is 1. The molecule has 0 saturated carbocycles. The van der Waals surface area contributed by atoms with Crippen molar-refractivity contribution < 1.29 is 18.0 Å². The van der Waals surface area contributed by atoms with Crippen molar-refractivity contribution >= 4 is 50.7 Å². The van der Waals surface area contributed by atoms with Gasteiger partial charge >= 0.3 is 0 Å². The fourth-order valence-corrected chi connectivity index (χ4v) is 6.37. The molecule has 1 atom stereocenters. The van der Waals surface area contributed by atoms with Crippen molar-refractivity contribution in [3.05, 3.63) is 130 Å². The van der Waals surface area contributed by atoms with Crippen LogP contribution in [-0.2, 0) is 32.6 Å². The normalized spacial score (nSPS) is 12.0. The van der Waals surface area contributed by atoms with Crippen LogP contribution in [0.5, 0.6) is 0 Å². The molecule has 0 fully saturated rings. The van der Waals surface area contributed by atoms with Gasteiger partial charge in [-0.2, -0.15) is 0 Å². The molecule has 224 valence electrons. The fraction of sp³-hybridized carbons (Fsp3) is 0.212. The first-order valence-corrected chi connectivity index (χ1v) is 16.0. The zero-order valence-corrected chi connectivity index (χ0v) is 26.2. The van der Waals surface area contributed by atoms with Crippen LogP contribution in [-0.4, -0.2) is 43.8 Å². The summed E-state index contributed by atoms with van der Waals surface area (Å²) >= 11 is 12.5. The maximum absolute atomic E-state index is 14.4. The van der Waals surface area contributed by atoms with Gasteiger partial charge in [-0.1, -0.05) is 96.0 Å². The van der Waals surface area contributed by atoms with Gasteiger partial charge in [0.05, 0.1) is 20.6 Å². The second-order valence-electron chi connectivity index (χ2n) is 10.3. The highest BCUT2D eigenvalue weighted by Gasteiger charge is 2.34. The fourth-order valence-electron chi connectivity index (χ4n) is 4.61. The van der Waals surface area contributed by atoms with Crippen molar-refractivity contribution in [3.8, 4) is 0 Å². The van der Waals surface area contributed by atoms with E-state index in [1.807, 2.05) is 44.2 Å². The second kappa shape index (κ2) is 14.6. The average Bonchev–Trinajstić information content (AvgIpc) is 3.00. The Balaban J connectivity index is 1.79. The van der Waals surface area contributed by atoms with Crippen molar-refractivity contribution in [3.63, 3.8) is 0 Å². The number of amides is 2. The van der Waals surface area contributed by atoms with E-state index in [-0.39, 0.29) is 29.8 Å². The van der Waals surface area contributed by atoms with Crippen LogP contribution in [0.15, 0.2) is 114 Å². The molecule has 2 amide bonds. The largest absolute Gasteiger partial charge is 0.352 e. The maximum atomic E-state index is 14.4. The van der Waals surface area contributed by atoms with Crippen molar-refractivity contribution in [1.82, 2.24) is 10.2 Å². The van der Waals surface area contributed by atoms with E-state index in [1.165, 1.54) is 17.0 Å². The van der Waals surface area contributed by atoms with Crippen LogP contribution in [0.1, 0.15) is 25.0 Å². The van der Waals surface area contributed by atoms with E-state index in [1.54, 1.807) is 66.7 Å². The van der Waals surface area contributed by atoms with Gasteiger partial charge in [-0.3, -0.25) is 13.9 Å². The first kappa shape index (κ1) is 32.1. The Labute approximate surface area is 263 Å². The maximum Gasteiger partial charge on any atom is 0.264 e. The zero-order chi connectivity index (χ0) is 31.0. The molecule has 4 rings (SSSR count). The van der Waals surface area contributed by atoms with Crippen LogP contribution in [0, 0.1) is 0 Å². The topological polar surface area (TPSA) is 86.8 Å². The molecule has 0 spiro atoms. The van der Waals surface area contributed by atoms with Gasteiger partial charge in [0.25, 0.3) is 10.0 Å². The summed E-state index contributed by atoms with van der Waals surface area (Å²) < 4.78 is 28.9. The number of hydrogen-bond acceptors (Lipinski definition) is 4. The number of sulfonamides is 1. The Kier molecular flexibility index (Phi) is 10.9. The molecule has 0 aliphatic carbocycles. The number of anilines is 1. The highest BCUT2D eigenvalue weighted by molar-refractivity contribution is 7.92. The number of halogens is 2. The summed E-state index contributed by atoms with van der Waals surface area (Å²) in [5.74, 6) is -0.918. The van der Waals surface area contributed by atoms with Gasteiger partial charge in [0.1, 0.15) is 12.6 Å². The van der Waals surface area contributed by atoms with Gasteiger partial charge in [0.2, 0.25) is 11.8 Å². The minimum atomic E-state index is -4.15. The predicted octanol–water partition coefficient (Wildman–Crippen LogP) is 6.35. The van der Waals surface area contributed by atoms with Crippen LogP contribution in [0.25, 0.3) is 0 Å². The third-order valence-electron chi connectivity index (χ3n) is 6.69. The number of nitrogens with one attached hydrogen (secondary N) is 1. The summed E-state index contributed by atoms with van der Waals surface area (Å²) in [4.78, 5) is 29.5. The average molecular weight is 639 g/mol. The quantitative estimate of drug-likeness (QED) is 0.196. The van der Waals surface area contributed by atoms with E-state index in [4.69, 9.17) is 23.2 Å². The molecule has 0 bridgehead atoms. The summed E-state index contributed by atoms with van der Waals surface area (Å²) in [5, 5.41) is 3.59. The number of carbonyl (C=O) groups is 2. The summed E-state index contributed by atoms with van der Waals surface area (Å²) in [6.07, 6.45) is 0.212. The molecular formula is C33H33Cl2N3O4S. The number of nitrogens with zero attached hydrogens (tertiary/aromatic N) is 2. The lowest BCUT2D eigenvalue weighted by atomic mass is 10.0. The molecule has 0 aliphatic rings. The number of para-hydroxylation sites is 1. The van der Waals surface area contributed by atoms with Crippen LogP contribution >= 0.6 is 23.2 Å². The van der Waals surface area contributed by atoms with E-state index in [0.717, 1.165) is 9.87 Å².